The average Bonchev–Trinajstić information content (AvgIpc) is 3.10. The van der Waals surface area contributed by atoms with Crippen LogP contribution in [0.4, 0.5) is 0 Å². The zero-order valence-corrected chi connectivity index (χ0v) is 11.9. The molecule has 3 unspecified atom stereocenters. The molecule has 1 aliphatic heterocycles. The Hall–Kier alpha value is -1.54. The predicted octanol–water partition coefficient (Wildman–Crippen LogP) is 4.09. The summed E-state index contributed by atoms with van der Waals surface area (Å²) < 4.78 is 0. The first kappa shape index (κ1) is 12.2. The van der Waals surface area contributed by atoms with Gasteiger partial charge in [0.05, 0.1) is 0 Å². The molecule has 0 amide bonds. The first-order chi connectivity index (χ1) is 9.74. The average molecular weight is 267 g/mol. The third kappa shape index (κ3) is 1.75. The summed E-state index contributed by atoms with van der Waals surface area (Å²) in [7, 11) is 0. The van der Waals surface area contributed by atoms with Crippen LogP contribution in [0.5, 0.6) is 5.75 Å². The fourth-order valence-corrected chi connectivity index (χ4v) is 4.22. The molecule has 0 spiro atoms. The van der Waals surface area contributed by atoms with E-state index in [0.717, 1.165) is 28.3 Å². The maximum absolute atomic E-state index is 10.6. The van der Waals surface area contributed by atoms with Crippen LogP contribution in [0.15, 0.2) is 36.4 Å². The van der Waals surface area contributed by atoms with E-state index in [1.807, 2.05) is 18.2 Å². The fraction of sp³-hybridized carbons (Fsp3) is 0.444. The molecule has 104 valence electrons. The first-order valence-corrected chi connectivity index (χ1v) is 7.70. The third-order valence-electron chi connectivity index (χ3n) is 5.33. The van der Waals surface area contributed by atoms with E-state index in [9.17, 15) is 5.11 Å². The number of phenols is 1. The van der Waals surface area contributed by atoms with Gasteiger partial charge in [-0.05, 0) is 37.5 Å². The van der Waals surface area contributed by atoms with E-state index in [2.05, 4.69) is 30.0 Å². The molecular formula is C18H21NO. The number of rotatable bonds is 2. The molecular weight excluding hydrogens is 246 g/mol. The van der Waals surface area contributed by atoms with Gasteiger partial charge in [0.2, 0.25) is 0 Å². The summed E-state index contributed by atoms with van der Waals surface area (Å²) >= 11 is 0. The summed E-state index contributed by atoms with van der Waals surface area (Å²) in [6.07, 6.45) is 4.10. The molecule has 2 aliphatic rings. The van der Waals surface area contributed by atoms with Gasteiger partial charge in [0, 0.05) is 29.6 Å². The van der Waals surface area contributed by atoms with Gasteiger partial charge in [-0.3, -0.25) is 4.90 Å². The van der Waals surface area contributed by atoms with E-state index >= 15 is 0 Å². The molecule has 2 fully saturated rings. The lowest BCUT2D eigenvalue weighted by atomic mass is 9.98. The van der Waals surface area contributed by atoms with Gasteiger partial charge in [0.15, 0.2) is 0 Å². The SMILES string of the molecule is CC(c1ccc2ccccc2c1O)N1CC2CCC1C2. The van der Waals surface area contributed by atoms with Gasteiger partial charge in [-0.2, -0.15) is 0 Å². The van der Waals surface area contributed by atoms with Crippen LogP contribution in [0, 0.1) is 5.92 Å². The van der Waals surface area contributed by atoms with Gasteiger partial charge in [-0.25, -0.2) is 0 Å². The molecule has 1 aliphatic carbocycles. The Morgan fingerprint density at radius 2 is 2.00 bits per heavy atom. The van der Waals surface area contributed by atoms with Gasteiger partial charge in [0.1, 0.15) is 5.75 Å². The molecule has 20 heavy (non-hydrogen) atoms. The normalized spacial score (nSPS) is 27.2. The van der Waals surface area contributed by atoms with Crippen LogP contribution < -0.4 is 0 Å². The second-order valence-corrected chi connectivity index (χ2v) is 6.43. The topological polar surface area (TPSA) is 23.5 Å². The number of nitrogens with zero attached hydrogens (tertiary/aromatic N) is 1. The van der Waals surface area contributed by atoms with E-state index in [4.69, 9.17) is 0 Å². The van der Waals surface area contributed by atoms with Crippen molar-refractivity contribution in [2.75, 3.05) is 6.54 Å². The van der Waals surface area contributed by atoms with E-state index < -0.39 is 0 Å². The molecule has 2 aromatic carbocycles. The Morgan fingerprint density at radius 1 is 1.15 bits per heavy atom. The van der Waals surface area contributed by atoms with Crippen LogP contribution in [0.1, 0.15) is 37.8 Å². The number of piperidine rings is 1. The summed E-state index contributed by atoms with van der Waals surface area (Å²) in [5, 5.41) is 12.7. The van der Waals surface area contributed by atoms with Crippen molar-refractivity contribution in [3.63, 3.8) is 0 Å². The lowest BCUT2D eigenvalue weighted by Crippen LogP contribution is -2.34. The molecule has 2 aromatic rings. The standard InChI is InChI=1S/C18H21NO/c1-12(19-11-13-6-8-15(19)10-13)16-9-7-14-4-2-3-5-17(14)18(16)20/h2-5,7,9,12-13,15,20H,6,8,10-11H2,1H3. The van der Waals surface area contributed by atoms with Crippen LogP contribution in [0.2, 0.25) is 0 Å². The van der Waals surface area contributed by atoms with Gasteiger partial charge in [-0.1, -0.05) is 36.4 Å². The van der Waals surface area contributed by atoms with Crippen LogP contribution in [0.25, 0.3) is 10.8 Å². The van der Waals surface area contributed by atoms with Crippen molar-refractivity contribution in [1.29, 1.82) is 0 Å². The number of phenolic OH excluding ortho intramolecular Hbond substituents is 1. The third-order valence-corrected chi connectivity index (χ3v) is 5.33. The van der Waals surface area contributed by atoms with Crippen molar-refractivity contribution in [1.82, 2.24) is 4.90 Å². The van der Waals surface area contributed by atoms with Gasteiger partial charge in [-0.15, -0.1) is 0 Å². The van der Waals surface area contributed by atoms with Crippen LogP contribution in [0.3, 0.4) is 0 Å². The molecule has 1 saturated heterocycles. The van der Waals surface area contributed by atoms with Crippen molar-refractivity contribution >= 4 is 10.8 Å². The number of likely N-dealkylation sites (tertiary alicyclic amines) is 1. The minimum atomic E-state index is 0.315. The second kappa shape index (κ2) is 4.49. The molecule has 2 heteroatoms. The molecule has 0 radical (unpaired) electrons. The molecule has 2 nitrogen and oxygen atoms in total. The zero-order valence-electron chi connectivity index (χ0n) is 11.9. The van der Waals surface area contributed by atoms with E-state index in [1.165, 1.54) is 25.8 Å². The fourth-order valence-electron chi connectivity index (χ4n) is 4.22. The van der Waals surface area contributed by atoms with Crippen molar-refractivity contribution in [3.8, 4) is 5.75 Å². The zero-order chi connectivity index (χ0) is 13.7. The summed E-state index contributed by atoms with van der Waals surface area (Å²) in [4.78, 5) is 2.60. The number of benzene rings is 2. The van der Waals surface area contributed by atoms with Crippen LogP contribution >= 0.6 is 0 Å². The van der Waals surface area contributed by atoms with Gasteiger partial charge < -0.3 is 5.11 Å². The predicted molar refractivity (Wildman–Crippen MR) is 81.9 cm³/mol. The van der Waals surface area contributed by atoms with E-state index in [-0.39, 0.29) is 0 Å². The number of fused-ring (bicyclic) bond motifs is 3. The highest BCUT2D eigenvalue weighted by Gasteiger charge is 2.40. The quantitative estimate of drug-likeness (QED) is 0.886. The molecule has 0 aromatic heterocycles. The first-order valence-electron chi connectivity index (χ1n) is 7.70. The Morgan fingerprint density at radius 3 is 2.75 bits per heavy atom. The second-order valence-electron chi connectivity index (χ2n) is 6.43. The Balaban J connectivity index is 1.73. The lowest BCUT2D eigenvalue weighted by Gasteiger charge is -2.33. The lowest BCUT2D eigenvalue weighted by molar-refractivity contribution is 0.158. The Labute approximate surface area is 120 Å². The largest absolute Gasteiger partial charge is 0.507 e. The molecule has 2 bridgehead atoms. The van der Waals surface area contributed by atoms with E-state index in [1.54, 1.807) is 0 Å². The maximum Gasteiger partial charge on any atom is 0.128 e. The smallest absolute Gasteiger partial charge is 0.128 e. The summed E-state index contributed by atoms with van der Waals surface area (Å²) in [5.41, 5.74) is 1.08. The molecule has 1 heterocycles. The highest BCUT2D eigenvalue weighted by Crippen LogP contribution is 2.44. The minimum Gasteiger partial charge on any atom is -0.507 e. The van der Waals surface area contributed by atoms with E-state index in [0.29, 0.717) is 11.8 Å². The summed E-state index contributed by atoms with van der Waals surface area (Å²) in [5.74, 6) is 1.36. The molecule has 4 rings (SSSR count). The maximum atomic E-state index is 10.6. The van der Waals surface area contributed by atoms with Crippen LogP contribution in [-0.2, 0) is 0 Å². The number of hydrogen-bond donors (Lipinski definition) is 1. The molecule has 1 N–H and O–H groups in total. The number of hydrogen-bond acceptors (Lipinski definition) is 2. The molecule has 3 atom stereocenters. The summed E-state index contributed by atoms with van der Waals surface area (Å²) in [6, 6.07) is 13.4. The highest BCUT2D eigenvalue weighted by molar-refractivity contribution is 5.89. The highest BCUT2D eigenvalue weighted by atomic mass is 16.3. The van der Waals surface area contributed by atoms with Crippen LogP contribution in [-0.4, -0.2) is 22.6 Å². The summed E-state index contributed by atoms with van der Waals surface area (Å²) in [6.45, 7) is 3.45. The van der Waals surface area contributed by atoms with Crippen molar-refractivity contribution in [2.24, 2.45) is 5.92 Å². The van der Waals surface area contributed by atoms with Crippen molar-refractivity contribution in [3.05, 3.63) is 42.0 Å². The minimum absolute atomic E-state index is 0.315. The van der Waals surface area contributed by atoms with Crippen molar-refractivity contribution < 1.29 is 5.11 Å². The van der Waals surface area contributed by atoms with Gasteiger partial charge >= 0.3 is 0 Å². The van der Waals surface area contributed by atoms with Crippen molar-refractivity contribution in [2.45, 2.75) is 38.3 Å². The Kier molecular flexibility index (Phi) is 2.74. The molecule has 1 saturated carbocycles. The Bertz CT molecular complexity index is 651. The monoisotopic (exact) mass is 267 g/mol. The number of aromatic hydroxyl groups is 1. The van der Waals surface area contributed by atoms with Gasteiger partial charge in [0.25, 0.3) is 0 Å².